The van der Waals surface area contributed by atoms with Crippen LogP contribution in [0.25, 0.3) is 5.69 Å². The van der Waals surface area contributed by atoms with E-state index in [2.05, 4.69) is 36.3 Å². The minimum absolute atomic E-state index is 0.105. The second-order valence-corrected chi connectivity index (χ2v) is 7.47. The number of carbonyl (C=O) groups excluding carboxylic acids is 1. The highest BCUT2D eigenvalue weighted by molar-refractivity contribution is 6.30. The van der Waals surface area contributed by atoms with Crippen LogP contribution < -0.4 is 5.32 Å². The molecule has 3 aromatic rings. The molecule has 0 aliphatic heterocycles. The first-order valence-electron chi connectivity index (χ1n) is 9.05. The first-order valence-corrected chi connectivity index (χ1v) is 9.43. The molecule has 142 valence electrons. The topological polar surface area (TPSA) is 64.7 Å². The van der Waals surface area contributed by atoms with Crippen LogP contribution in [0.5, 0.6) is 0 Å². The summed E-state index contributed by atoms with van der Waals surface area (Å²) >= 11 is 5.98. The van der Waals surface area contributed by atoms with Gasteiger partial charge in [-0.25, -0.2) is 4.68 Å². The maximum absolute atomic E-state index is 12.8. The molecule has 2 aromatic heterocycles. The normalized spacial score (nSPS) is 12.3. The monoisotopic (exact) mass is 385 g/mol. The fraction of sp³-hybridized carbons (Fsp3) is 0.350. The Bertz CT molecular complexity index is 884. The van der Waals surface area contributed by atoms with Crippen molar-refractivity contribution in [3.8, 4) is 5.69 Å². The molecule has 0 spiro atoms. The molecule has 27 heavy (non-hydrogen) atoms. The maximum atomic E-state index is 12.8. The van der Waals surface area contributed by atoms with Crippen LogP contribution in [0.15, 0.2) is 48.9 Å². The van der Waals surface area contributed by atoms with E-state index >= 15 is 0 Å². The van der Waals surface area contributed by atoms with Crippen molar-refractivity contribution in [1.82, 2.24) is 24.9 Å². The summed E-state index contributed by atoms with van der Waals surface area (Å²) in [6, 6.07) is 9.33. The van der Waals surface area contributed by atoms with Crippen LogP contribution in [0, 0.1) is 5.92 Å². The molecule has 0 saturated heterocycles. The Morgan fingerprint density at radius 3 is 2.56 bits per heavy atom. The molecule has 0 aliphatic rings. The van der Waals surface area contributed by atoms with Crippen molar-refractivity contribution in [2.24, 2.45) is 5.92 Å². The Kier molecular flexibility index (Phi) is 5.96. The second kappa shape index (κ2) is 8.39. The van der Waals surface area contributed by atoms with Crippen molar-refractivity contribution < 1.29 is 4.79 Å². The van der Waals surface area contributed by atoms with Gasteiger partial charge in [-0.15, -0.1) is 0 Å². The smallest absolute Gasteiger partial charge is 0.254 e. The van der Waals surface area contributed by atoms with Crippen LogP contribution in [0.4, 0.5) is 0 Å². The number of nitrogens with one attached hydrogen (secondary N) is 1. The molecule has 2 heterocycles. The van der Waals surface area contributed by atoms with Gasteiger partial charge >= 0.3 is 0 Å². The lowest BCUT2D eigenvalue weighted by Gasteiger charge is -2.15. The van der Waals surface area contributed by atoms with Crippen molar-refractivity contribution in [2.45, 2.75) is 33.2 Å². The second-order valence-electron chi connectivity index (χ2n) is 7.03. The van der Waals surface area contributed by atoms with Gasteiger partial charge < -0.3 is 5.32 Å². The number of carbonyl (C=O) groups is 1. The van der Waals surface area contributed by atoms with Crippen LogP contribution in [0.1, 0.15) is 42.7 Å². The molecule has 1 aromatic carbocycles. The summed E-state index contributed by atoms with van der Waals surface area (Å²) in [5.41, 5.74) is 2.37. The van der Waals surface area contributed by atoms with Crippen LogP contribution in [0.2, 0.25) is 5.02 Å². The van der Waals surface area contributed by atoms with E-state index in [4.69, 9.17) is 11.6 Å². The van der Waals surface area contributed by atoms with Gasteiger partial charge in [0.05, 0.1) is 23.1 Å². The summed E-state index contributed by atoms with van der Waals surface area (Å²) in [6.45, 7) is 7.53. The lowest BCUT2D eigenvalue weighted by Crippen LogP contribution is -2.30. The third-order valence-corrected chi connectivity index (χ3v) is 4.59. The lowest BCUT2D eigenvalue weighted by atomic mass is 10.0. The number of halogens is 1. The molecular formula is C20H24ClN5O. The van der Waals surface area contributed by atoms with Gasteiger partial charge in [0.15, 0.2) is 0 Å². The standard InChI is InChI=1S/C20H24ClN5O/c1-14(2)19-18(12-24-26(19)17-7-5-16(21)6-8-17)20(27)22-11-15(3)13-25-10-4-9-23-25/h4-10,12,14-15H,11,13H2,1-3H3,(H,22,27). The first-order chi connectivity index (χ1) is 13.0. The fourth-order valence-corrected chi connectivity index (χ4v) is 3.16. The van der Waals surface area contributed by atoms with E-state index in [1.807, 2.05) is 45.9 Å². The molecule has 0 saturated carbocycles. The van der Waals surface area contributed by atoms with Crippen molar-refractivity contribution in [3.05, 3.63) is 65.2 Å². The zero-order chi connectivity index (χ0) is 19.4. The van der Waals surface area contributed by atoms with E-state index in [1.165, 1.54) is 0 Å². The molecule has 1 atom stereocenters. The Balaban J connectivity index is 1.73. The van der Waals surface area contributed by atoms with Crippen LogP contribution in [-0.4, -0.2) is 32.0 Å². The van der Waals surface area contributed by atoms with Crippen LogP contribution in [0.3, 0.4) is 0 Å². The maximum Gasteiger partial charge on any atom is 0.254 e. The summed E-state index contributed by atoms with van der Waals surface area (Å²) in [7, 11) is 0. The molecule has 1 amide bonds. The SMILES string of the molecule is CC(CNC(=O)c1cnn(-c2ccc(Cl)cc2)c1C(C)C)Cn1cccn1. The predicted octanol–water partition coefficient (Wildman–Crippen LogP) is 3.91. The van der Waals surface area contributed by atoms with Gasteiger partial charge in [0.2, 0.25) is 0 Å². The molecule has 7 heteroatoms. The predicted molar refractivity (Wildman–Crippen MR) is 106 cm³/mol. The fourth-order valence-electron chi connectivity index (χ4n) is 3.03. The summed E-state index contributed by atoms with van der Waals surface area (Å²) in [6.07, 6.45) is 5.31. The summed E-state index contributed by atoms with van der Waals surface area (Å²) < 4.78 is 3.68. The van der Waals surface area contributed by atoms with Gasteiger partial charge in [-0.2, -0.15) is 10.2 Å². The zero-order valence-corrected chi connectivity index (χ0v) is 16.5. The Hall–Kier alpha value is -2.60. The van der Waals surface area contributed by atoms with Crippen molar-refractivity contribution in [1.29, 1.82) is 0 Å². The molecule has 1 unspecified atom stereocenters. The van der Waals surface area contributed by atoms with Gasteiger partial charge in [-0.1, -0.05) is 32.4 Å². The highest BCUT2D eigenvalue weighted by Gasteiger charge is 2.21. The van der Waals surface area contributed by atoms with Gasteiger partial charge in [0.1, 0.15) is 0 Å². The first kappa shape index (κ1) is 19.2. The lowest BCUT2D eigenvalue weighted by molar-refractivity contribution is 0.0945. The van der Waals surface area contributed by atoms with Gasteiger partial charge in [0, 0.05) is 30.5 Å². The van der Waals surface area contributed by atoms with E-state index in [1.54, 1.807) is 12.4 Å². The Labute approximate surface area is 164 Å². The largest absolute Gasteiger partial charge is 0.352 e. The van der Waals surface area contributed by atoms with E-state index in [0.29, 0.717) is 17.1 Å². The number of rotatable bonds is 7. The number of amides is 1. The summed E-state index contributed by atoms with van der Waals surface area (Å²) in [4.78, 5) is 12.8. The molecule has 0 aliphatic carbocycles. The number of aromatic nitrogens is 4. The van der Waals surface area contributed by atoms with Gasteiger partial charge in [-0.05, 0) is 42.2 Å². The summed E-state index contributed by atoms with van der Waals surface area (Å²) in [5.74, 6) is 0.305. The minimum Gasteiger partial charge on any atom is -0.352 e. The van der Waals surface area contributed by atoms with Crippen molar-refractivity contribution in [3.63, 3.8) is 0 Å². The van der Waals surface area contributed by atoms with E-state index in [-0.39, 0.29) is 17.7 Å². The van der Waals surface area contributed by atoms with E-state index in [0.717, 1.165) is 17.9 Å². The average Bonchev–Trinajstić information content (AvgIpc) is 3.30. The van der Waals surface area contributed by atoms with E-state index in [9.17, 15) is 4.79 Å². The third-order valence-electron chi connectivity index (χ3n) is 4.34. The molecule has 0 radical (unpaired) electrons. The van der Waals surface area contributed by atoms with Crippen molar-refractivity contribution >= 4 is 17.5 Å². The molecule has 1 N–H and O–H groups in total. The van der Waals surface area contributed by atoms with E-state index < -0.39 is 0 Å². The summed E-state index contributed by atoms with van der Waals surface area (Å²) in [5, 5.41) is 12.3. The van der Waals surface area contributed by atoms with Crippen LogP contribution >= 0.6 is 11.6 Å². The average molecular weight is 386 g/mol. The molecule has 0 fully saturated rings. The Morgan fingerprint density at radius 2 is 1.93 bits per heavy atom. The molecule has 3 rings (SSSR count). The highest BCUT2D eigenvalue weighted by atomic mass is 35.5. The molecule has 0 bridgehead atoms. The highest BCUT2D eigenvalue weighted by Crippen LogP contribution is 2.24. The van der Waals surface area contributed by atoms with Crippen LogP contribution in [-0.2, 0) is 6.54 Å². The minimum atomic E-state index is -0.105. The number of hydrogen-bond donors (Lipinski definition) is 1. The van der Waals surface area contributed by atoms with Crippen molar-refractivity contribution in [2.75, 3.05) is 6.54 Å². The number of hydrogen-bond acceptors (Lipinski definition) is 3. The Morgan fingerprint density at radius 1 is 1.19 bits per heavy atom. The van der Waals surface area contributed by atoms with Gasteiger partial charge in [0.25, 0.3) is 5.91 Å². The zero-order valence-electron chi connectivity index (χ0n) is 15.8. The molecule has 6 nitrogen and oxygen atoms in total. The third kappa shape index (κ3) is 4.57. The number of nitrogens with zero attached hydrogens (tertiary/aromatic N) is 4. The van der Waals surface area contributed by atoms with Gasteiger partial charge in [-0.3, -0.25) is 9.48 Å². The molecular weight excluding hydrogens is 362 g/mol. The quantitative estimate of drug-likeness (QED) is 0.670. The number of benzene rings is 1.